The van der Waals surface area contributed by atoms with Crippen LogP contribution in [0.1, 0.15) is 62.9 Å². The molecule has 1 aromatic heterocycles. The van der Waals surface area contributed by atoms with Gasteiger partial charge in [-0.25, -0.2) is 4.98 Å². The van der Waals surface area contributed by atoms with Crippen molar-refractivity contribution in [3.05, 3.63) is 58.9 Å². The fourth-order valence-corrected chi connectivity index (χ4v) is 3.07. The Morgan fingerprint density at radius 2 is 1.74 bits per heavy atom. The number of rotatable bonds is 5. The predicted molar refractivity (Wildman–Crippen MR) is 132 cm³/mol. The molecule has 2 aromatic rings. The predicted octanol–water partition coefficient (Wildman–Crippen LogP) is 5.50. The lowest BCUT2D eigenvalue weighted by Crippen LogP contribution is -2.42. The summed E-state index contributed by atoms with van der Waals surface area (Å²) in [5, 5.41) is 8.74. The molecule has 6 nitrogen and oxygen atoms in total. The normalized spacial score (nSPS) is 11.1. The SMILES string of the molecule is CC(=S)N(C(=O)C(C)(C)C)c1cnc(C#N)c(C(F)(F)F)c1.Cc1ccc(CCCC(N)=O)cc1. The van der Waals surface area contributed by atoms with Crippen LogP contribution in [-0.4, -0.2) is 21.8 Å². The molecule has 0 saturated carbocycles. The van der Waals surface area contributed by atoms with Crippen molar-refractivity contribution >= 4 is 34.7 Å². The zero-order valence-electron chi connectivity index (χ0n) is 20.4. The lowest BCUT2D eigenvalue weighted by atomic mass is 9.94. The quantitative estimate of drug-likeness (QED) is 0.540. The number of hydrogen-bond donors (Lipinski definition) is 1. The molecular weight excluding hydrogens is 477 g/mol. The van der Waals surface area contributed by atoms with E-state index < -0.39 is 28.8 Å². The Hall–Kier alpha value is -3.32. The van der Waals surface area contributed by atoms with Crippen LogP contribution in [0.5, 0.6) is 0 Å². The van der Waals surface area contributed by atoms with Gasteiger partial charge in [0.2, 0.25) is 11.8 Å². The van der Waals surface area contributed by atoms with Gasteiger partial charge >= 0.3 is 6.18 Å². The highest BCUT2D eigenvalue weighted by Gasteiger charge is 2.37. The Bertz CT molecular complexity index is 1100. The van der Waals surface area contributed by atoms with Gasteiger partial charge < -0.3 is 5.73 Å². The molecule has 0 bridgehead atoms. The monoisotopic (exact) mass is 506 g/mol. The van der Waals surface area contributed by atoms with Gasteiger partial charge in [0.25, 0.3) is 0 Å². The molecule has 2 amide bonds. The molecule has 2 rings (SSSR count). The molecule has 0 aliphatic heterocycles. The molecule has 188 valence electrons. The standard InChI is InChI=1S/C14H14F3N3OS.C11H15NO/c1-8(22)20(12(21)13(2,3)4)9-5-10(14(15,16)17)11(6-18)19-7-9;1-9-5-7-10(8-6-9)3-2-4-11(12)13/h5,7H,1-4H3;5-8H,2-4H2,1H3,(H2,12,13). The Balaban J connectivity index is 0.000000400. The fourth-order valence-electron chi connectivity index (χ4n) is 2.88. The summed E-state index contributed by atoms with van der Waals surface area (Å²) in [6.07, 6.45) is -1.46. The number of benzene rings is 1. The maximum Gasteiger partial charge on any atom is 0.419 e. The lowest BCUT2D eigenvalue weighted by molar-refractivity contribution is -0.138. The number of amides is 2. The topological polar surface area (TPSA) is 100 Å². The fraction of sp³-hybridized carbons (Fsp3) is 0.400. The Labute approximate surface area is 208 Å². The van der Waals surface area contributed by atoms with E-state index in [9.17, 15) is 22.8 Å². The van der Waals surface area contributed by atoms with Crippen LogP contribution in [0.4, 0.5) is 18.9 Å². The van der Waals surface area contributed by atoms with Gasteiger partial charge in [0.05, 0.1) is 22.4 Å². The summed E-state index contributed by atoms with van der Waals surface area (Å²) >= 11 is 4.97. The van der Waals surface area contributed by atoms with Crippen LogP contribution in [0.3, 0.4) is 0 Å². The molecule has 10 heteroatoms. The van der Waals surface area contributed by atoms with E-state index in [2.05, 4.69) is 36.2 Å². The first kappa shape index (κ1) is 29.7. The summed E-state index contributed by atoms with van der Waals surface area (Å²) in [6.45, 7) is 8.38. The summed E-state index contributed by atoms with van der Waals surface area (Å²) < 4.78 is 39.0. The van der Waals surface area contributed by atoms with E-state index in [1.54, 1.807) is 20.8 Å². The third kappa shape index (κ3) is 9.45. The Kier molecular flexibility index (Phi) is 10.5. The second-order valence-electron chi connectivity index (χ2n) is 8.91. The third-order valence-corrected chi connectivity index (χ3v) is 4.89. The van der Waals surface area contributed by atoms with Gasteiger partial charge in [-0.1, -0.05) is 62.8 Å². The van der Waals surface area contributed by atoms with Gasteiger partial charge in [0, 0.05) is 11.8 Å². The highest BCUT2D eigenvalue weighted by molar-refractivity contribution is 7.80. The number of thiocarbonyl (C=S) groups is 1. The highest BCUT2D eigenvalue weighted by Crippen LogP contribution is 2.34. The summed E-state index contributed by atoms with van der Waals surface area (Å²) in [7, 11) is 0. The molecule has 0 aliphatic carbocycles. The summed E-state index contributed by atoms with van der Waals surface area (Å²) in [5.74, 6) is -0.674. The summed E-state index contributed by atoms with van der Waals surface area (Å²) in [6, 6.07) is 10.5. The molecule has 0 atom stereocenters. The smallest absolute Gasteiger partial charge is 0.370 e. The van der Waals surface area contributed by atoms with Crippen molar-refractivity contribution in [2.75, 3.05) is 4.90 Å². The van der Waals surface area contributed by atoms with Crippen LogP contribution in [0.15, 0.2) is 36.5 Å². The van der Waals surface area contributed by atoms with Gasteiger partial charge in [-0.3, -0.25) is 14.5 Å². The van der Waals surface area contributed by atoms with E-state index in [1.807, 2.05) is 0 Å². The number of aromatic nitrogens is 1. The van der Waals surface area contributed by atoms with Gasteiger partial charge in [-0.2, -0.15) is 18.4 Å². The second kappa shape index (κ2) is 12.4. The minimum atomic E-state index is -4.75. The molecule has 2 N–H and O–H groups in total. The summed E-state index contributed by atoms with van der Waals surface area (Å²) in [4.78, 5) is 27.4. The van der Waals surface area contributed by atoms with Crippen LogP contribution in [0, 0.1) is 23.7 Å². The first-order chi connectivity index (χ1) is 16.1. The van der Waals surface area contributed by atoms with Crippen molar-refractivity contribution in [2.45, 2.75) is 60.1 Å². The number of nitriles is 1. The zero-order valence-corrected chi connectivity index (χ0v) is 21.2. The second-order valence-corrected chi connectivity index (χ2v) is 9.51. The first-order valence-corrected chi connectivity index (χ1v) is 11.1. The minimum absolute atomic E-state index is 0.0968. The number of primary amides is 1. The van der Waals surface area contributed by atoms with Crippen LogP contribution < -0.4 is 10.6 Å². The van der Waals surface area contributed by atoms with E-state index in [0.717, 1.165) is 23.9 Å². The van der Waals surface area contributed by atoms with Crippen molar-refractivity contribution in [3.8, 4) is 6.07 Å². The largest absolute Gasteiger partial charge is 0.419 e. The molecule has 0 aliphatic rings. The minimum Gasteiger partial charge on any atom is -0.370 e. The molecule has 0 radical (unpaired) electrons. The van der Waals surface area contributed by atoms with E-state index in [4.69, 9.17) is 23.2 Å². The molecule has 35 heavy (non-hydrogen) atoms. The van der Waals surface area contributed by atoms with Crippen molar-refractivity contribution < 1.29 is 22.8 Å². The number of hydrogen-bond acceptors (Lipinski definition) is 5. The molecular formula is C25H29F3N4O2S. The van der Waals surface area contributed by atoms with Crippen molar-refractivity contribution in [2.24, 2.45) is 11.1 Å². The number of nitrogens with two attached hydrogens (primary N) is 1. The number of pyridine rings is 1. The zero-order chi connectivity index (χ0) is 27.0. The Morgan fingerprint density at radius 1 is 1.17 bits per heavy atom. The molecule has 0 fully saturated rings. The van der Waals surface area contributed by atoms with Crippen LogP contribution in [-0.2, 0) is 22.2 Å². The van der Waals surface area contributed by atoms with Crippen molar-refractivity contribution in [1.82, 2.24) is 4.98 Å². The maximum atomic E-state index is 13.0. The average molecular weight is 507 g/mol. The third-order valence-electron chi connectivity index (χ3n) is 4.71. The van der Waals surface area contributed by atoms with E-state index >= 15 is 0 Å². The van der Waals surface area contributed by atoms with Gasteiger partial charge in [0.15, 0.2) is 5.69 Å². The van der Waals surface area contributed by atoms with Gasteiger partial charge in [-0.05, 0) is 38.3 Å². The number of carbonyl (C=O) groups is 2. The molecule has 1 aromatic carbocycles. The number of carbonyl (C=O) groups excluding carboxylic acids is 2. The van der Waals surface area contributed by atoms with Gasteiger partial charge in [-0.15, -0.1) is 0 Å². The van der Waals surface area contributed by atoms with E-state index in [1.165, 1.54) is 24.1 Å². The van der Waals surface area contributed by atoms with Crippen molar-refractivity contribution in [3.63, 3.8) is 0 Å². The first-order valence-electron chi connectivity index (χ1n) is 10.7. The number of halogens is 3. The van der Waals surface area contributed by atoms with Crippen molar-refractivity contribution in [1.29, 1.82) is 5.26 Å². The van der Waals surface area contributed by atoms with E-state index in [-0.39, 0.29) is 16.6 Å². The maximum absolute atomic E-state index is 13.0. The van der Waals surface area contributed by atoms with Gasteiger partial charge in [0.1, 0.15) is 6.07 Å². The Morgan fingerprint density at radius 3 is 2.17 bits per heavy atom. The molecule has 0 spiro atoms. The molecule has 0 unspecified atom stereocenters. The lowest BCUT2D eigenvalue weighted by Gasteiger charge is -2.29. The summed E-state index contributed by atoms with van der Waals surface area (Å²) in [5.41, 5.74) is 4.67. The van der Waals surface area contributed by atoms with Crippen LogP contribution in [0.25, 0.3) is 0 Å². The number of nitrogens with zero attached hydrogens (tertiary/aromatic N) is 3. The van der Waals surface area contributed by atoms with Crippen LogP contribution in [0.2, 0.25) is 0 Å². The average Bonchev–Trinajstić information content (AvgIpc) is 2.74. The van der Waals surface area contributed by atoms with E-state index in [0.29, 0.717) is 12.5 Å². The van der Waals surface area contributed by atoms with Crippen LogP contribution >= 0.6 is 12.2 Å². The highest BCUT2D eigenvalue weighted by atomic mass is 32.1. The molecule has 0 saturated heterocycles. The number of aryl methyl sites for hydroxylation is 2. The number of alkyl halides is 3. The molecule has 1 heterocycles. The number of anilines is 1.